The average molecular weight is 267 g/mol. The fourth-order valence-electron chi connectivity index (χ4n) is 1.29. The fraction of sp³-hybridized carbons (Fsp3) is 1.00. The van der Waals surface area contributed by atoms with Crippen molar-refractivity contribution in [2.45, 2.75) is 12.8 Å². The van der Waals surface area contributed by atoms with E-state index in [-0.39, 0.29) is 6.61 Å². The summed E-state index contributed by atoms with van der Waals surface area (Å²) in [6, 6.07) is 0. The number of phosphoric ester groups is 1. The number of unbranched alkanes of at least 4 members (excludes halogenated alkanes) is 1. The van der Waals surface area contributed by atoms with Crippen molar-refractivity contribution < 1.29 is 23.4 Å². The molecule has 0 rings (SSSR count). The van der Waals surface area contributed by atoms with Crippen LogP contribution < -0.4 is 0 Å². The highest BCUT2D eigenvalue weighted by Gasteiger charge is 2.19. The Labute approximate surface area is 101 Å². The summed E-state index contributed by atoms with van der Waals surface area (Å²) < 4.78 is 15.5. The van der Waals surface area contributed by atoms with E-state index in [1.807, 2.05) is 14.1 Å². The summed E-state index contributed by atoms with van der Waals surface area (Å²) in [6.07, 6.45) is 1.70. The molecule has 100 valence electrons. The van der Waals surface area contributed by atoms with Crippen molar-refractivity contribution in [3.05, 3.63) is 10.4 Å². The van der Waals surface area contributed by atoms with Crippen LogP contribution in [0.4, 0.5) is 0 Å². The number of quaternary nitrogens is 1. The first-order valence-corrected chi connectivity index (χ1v) is 6.83. The Kier molecular flexibility index (Phi) is 7.38. The third-order valence-electron chi connectivity index (χ3n) is 2.29. The normalized spacial score (nSPS) is 12.2. The van der Waals surface area contributed by atoms with Gasteiger partial charge in [0, 0.05) is 11.5 Å². The fourth-order valence-corrected chi connectivity index (χ4v) is 1.61. The molecule has 8 nitrogen and oxygen atoms in total. The monoisotopic (exact) mass is 267 g/mol. The molecular weight excluding hydrogens is 247 g/mol. The SMILES string of the molecule is C[N+](C)(CCCCN=[N+]=[N-])CCOP(=O)(O)O. The molecule has 9 heteroatoms. The van der Waals surface area contributed by atoms with Gasteiger partial charge in [0.05, 0.1) is 20.6 Å². The number of phosphoric acid groups is 1. The van der Waals surface area contributed by atoms with E-state index >= 15 is 0 Å². The second-order valence-electron chi connectivity index (χ2n) is 4.37. The minimum Gasteiger partial charge on any atom is -0.327 e. The molecule has 0 aliphatic carbocycles. The van der Waals surface area contributed by atoms with Gasteiger partial charge in [0.15, 0.2) is 0 Å². The Hall–Kier alpha value is -0.620. The van der Waals surface area contributed by atoms with Crippen molar-refractivity contribution in [3.8, 4) is 0 Å². The lowest BCUT2D eigenvalue weighted by Crippen LogP contribution is -2.42. The minimum atomic E-state index is -4.36. The van der Waals surface area contributed by atoms with E-state index < -0.39 is 7.82 Å². The van der Waals surface area contributed by atoms with Crippen LogP contribution in [0, 0.1) is 0 Å². The van der Waals surface area contributed by atoms with Crippen LogP contribution in [0.5, 0.6) is 0 Å². The van der Waals surface area contributed by atoms with Crippen LogP contribution in [0.1, 0.15) is 12.8 Å². The Balaban J connectivity index is 3.72. The molecule has 0 spiro atoms. The number of hydrogen-bond acceptors (Lipinski definition) is 3. The highest BCUT2D eigenvalue weighted by molar-refractivity contribution is 7.46. The van der Waals surface area contributed by atoms with Crippen molar-refractivity contribution in [2.24, 2.45) is 5.11 Å². The van der Waals surface area contributed by atoms with Gasteiger partial charge in [0.25, 0.3) is 0 Å². The molecule has 0 atom stereocenters. The highest BCUT2D eigenvalue weighted by Crippen LogP contribution is 2.35. The third kappa shape index (κ3) is 11.6. The summed E-state index contributed by atoms with van der Waals surface area (Å²) in [5.41, 5.74) is 8.08. The number of likely N-dealkylation sites (N-methyl/N-ethyl adjacent to an activating group) is 1. The molecule has 0 saturated heterocycles. The number of azide groups is 1. The molecule has 0 saturated carbocycles. The van der Waals surface area contributed by atoms with Crippen molar-refractivity contribution >= 4 is 7.82 Å². The van der Waals surface area contributed by atoms with Crippen molar-refractivity contribution in [3.63, 3.8) is 0 Å². The van der Waals surface area contributed by atoms with Crippen LogP contribution in [0.3, 0.4) is 0 Å². The molecular formula is C8H20N4O4P+. The second kappa shape index (κ2) is 7.66. The van der Waals surface area contributed by atoms with Gasteiger partial charge < -0.3 is 14.3 Å². The quantitative estimate of drug-likeness (QED) is 0.163. The Morgan fingerprint density at radius 3 is 2.53 bits per heavy atom. The molecule has 0 aromatic heterocycles. The third-order valence-corrected chi connectivity index (χ3v) is 2.81. The van der Waals surface area contributed by atoms with Gasteiger partial charge in [-0.05, 0) is 18.4 Å². The molecule has 0 aromatic rings. The molecule has 0 aromatic carbocycles. The topological polar surface area (TPSA) is 116 Å². The van der Waals surface area contributed by atoms with Crippen LogP contribution in [0.15, 0.2) is 5.11 Å². The molecule has 0 unspecified atom stereocenters. The summed E-state index contributed by atoms with van der Waals surface area (Å²) >= 11 is 0. The van der Waals surface area contributed by atoms with Crippen LogP contribution >= 0.6 is 7.82 Å². The van der Waals surface area contributed by atoms with E-state index in [9.17, 15) is 4.57 Å². The smallest absolute Gasteiger partial charge is 0.327 e. The molecule has 0 amide bonds. The second-order valence-corrected chi connectivity index (χ2v) is 5.61. The summed E-state index contributed by atoms with van der Waals surface area (Å²) in [7, 11) is -0.448. The number of hydrogen-bond donors (Lipinski definition) is 2. The Morgan fingerprint density at radius 2 is 2.00 bits per heavy atom. The lowest BCUT2D eigenvalue weighted by molar-refractivity contribution is -0.890. The van der Waals surface area contributed by atoms with Gasteiger partial charge >= 0.3 is 7.82 Å². The van der Waals surface area contributed by atoms with Crippen LogP contribution in [-0.2, 0) is 9.09 Å². The van der Waals surface area contributed by atoms with Gasteiger partial charge in [-0.25, -0.2) is 4.57 Å². The largest absolute Gasteiger partial charge is 0.469 e. The predicted molar refractivity (Wildman–Crippen MR) is 63.1 cm³/mol. The molecule has 0 bridgehead atoms. The van der Waals surface area contributed by atoms with Crippen molar-refractivity contribution in [1.82, 2.24) is 0 Å². The molecule has 0 aliphatic rings. The molecule has 0 heterocycles. The predicted octanol–water partition coefficient (Wildman–Crippen LogP) is 1.26. The molecule has 0 radical (unpaired) electrons. The number of nitrogens with zero attached hydrogens (tertiary/aromatic N) is 4. The van der Waals surface area contributed by atoms with Crippen molar-refractivity contribution in [1.29, 1.82) is 0 Å². The van der Waals surface area contributed by atoms with Gasteiger partial charge in [-0.1, -0.05) is 5.11 Å². The van der Waals surface area contributed by atoms with Gasteiger partial charge in [0.2, 0.25) is 0 Å². The maximum atomic E-state index is 10.5. The lowest BCUT2D eigenvalue weighted by atomic mass is 10.3. The standard InChI is InChI=1S/C8H19N4O4P/c1-12(2,6-4-3-5-10-11-9)7-8-16-17(13,14)15/h3-8H2,1-2H3,(H-,13,14,15)/p+1. The number of rotatable bonds is 9. The first-order valence-electron chi connectivity index (χ1n) is 5.30. The minimum absolute atomic E-state index is 0.0215. The average Bonchev–Trinajstić information content (AvgIpc) is 2.14. The van der Waals surface area contributed by atoms with E-state index in [0.29, 0.717) is 17.6 Å². The van der Waals surface area contributed by atoms with E-state index in [2.05, 4.69) is 14.5 Å². The van der Waals surface area contributed by atoms with Crippen molar-refractivity contribution in [2.75, 3.05) is 40.3 Å². The molecule has 17 heavy (non-hydrogen) atoms. The summed E-state index contributed by atoms with van der Waals surface area (Å²) in [5, 5.41) is 3.43. The van der Waals surface area contributed by atoms with E-state index in [1.54, 1.807) is 0 Å². The van der Waals surface area contributed by atoms with Gasteiger partial charge in [-0.3, -0.25) is 4.52 Å². The molecule has 0 aliphatic heterocycles. The highest BCUT2D eigenvalue weighted by atomic mass is 31.2. The maximum absolute atomic E-state index is 10.5. The van der Waals surface area contributed by atoms with Gasteiger partial charge in [0.1, 0.15) is 13.2 Å². The maximum Gasteiger partial charge on any atom is 0.469 e. The first kappa shape index (κ1) is 16.4. The molecule has 2 N–H and O–H groups in total. The van der Waals surface area contributed by atoms with Crippen LogP contribution in [0.25, 0.3) is 10.4 Å². The zero-order valence-electron chi connectivity index (χ0n) is 10.2. The Morgan fingerprint density at radius 1 is 1.35 bits per heavy atom. The van der Waals surface area contributed by atoms with Gasteiger partial charge in [-0.2, -0.15) is 0 Å². The summed E-state index contributed by atoms with van der Waals surface area (Å²) in [6.45, 7) is 1.86. The zero-order valence-corrected chi connectivity index (χ0v) is 11.1. The summed E-state index contributed by atoms with van der Waals surface area (Å²) in [4.78, 5) is 19.7. The van der Waals surface area contributed by atoms with Gasteiger partial charge in [-0.15, -0.1) is 0 Å². The summed E-state index contributed by atoms with van der Waals surface area (Å²) in [5.74, 6) is 0. The first-order chi connectivity index (χ1) is 7.77. The Bertz CT molecular complexity index is 311. The molecule has 0 fully saturated rings. The van der Waals surface area contributed by atoms with Crippen LogP contribution in [-0.4, -0.2) is 54.6 Å². The van der Waals surface area contributed by atoms with E-state index in [0.717, 1.165) is 19.4 Å². The lowest BCUT2D eigenvalue weighted by Gasteiger charge is -2.29. The van der Waals surface area contributed by atoms with Crippen LogP contribution in [0.2, 0.25) is 0 Å². The van der Waals surface area contributed by atoms with E-state index in [4.69, 9.17) is 15.3 Å². The zero-order chi connectivity index (χ0) is 13.4. The van der Waals surface area contributed by atoms with E-state index in [1.165, 1.54) is 0 Å².